The number of carbonyl (C=O) groups is 1. The van der Waals surface area contributed by atoms with Crippen LogP contribution in [0.4, 0.5) is 14.7 Å². The van der Waals surface area contributed by atoms with Crippen LogP contribution in [0.3, 0.4) is 0 Å². The summed E-state index contributed by atoms with van der Waals surface area (Å²) in [6, 6.07) is 4.39. The molecule has 0 atom stereocenters. The van der Waals surface area contributed by atoms with Crippen molar-refractivity contribution in [3.63, 3.8) is 0 Å². The number of carbonyl (C=O) groups excluding carboxylic acids is 1. The Balaban J connectivity index is 1.93. The Morgan fingerprint density at radius 3 is 2.20 bits per heavy atom. The Labute approximate surface area is 151 Å². The first kappa shape index (κ1) is 17.4. The first-order valence-electron chi connectivity index (χ1n) is 7.23. The van der Waals surface area contributed by atoms with Gasteiger partial charge in [-0.2, -0.15) is 8.75 Å². The van der Waals surface area contributed by atoms with Crippen LogP contribution in [0.25, 0.3) is 0 Å². The molecule has 0 N–H and O–H groups in total. The summed E-state index contributed by atoms with van der Waals surface area (Å²) in [6.07, 6.45) is 0. The fourth-order valence-electron chi connectivity index (χ4n) is 2.12. The number of benzene rings is 1. The molecule has 130 valence electrons. The second-order valence-electron chi connectivity index (χ2n) is 5.14. The number of hydrogen-bond donors (Lipinski definition) is 0. The number of hydrogen-bond acceptors (Lipinski definition) is 9. The van der Waals surface area contributed by atoms with E-state index in [-0.39, 0.29) is 5.56 Å². The van der Waals surface area contributed by atoms with Crippen molar-refractivity contribution in [3.8, 4) is 0 Å². The van der Waals surface area contributed by atoms with Crippen molar-refractivity contribution in [2.24, 2.45) is 0 Å². The lowest BCUT2D eigenvalue weighted by Crippen LogP contribution is -2.17. The third-order valence-corrected chi connectivity index (χ3v) is 4.94. The normalized spacial score (nSPS) is 10.7. The Bertz CT molecular complexity index is 871. The predicted molar refractivity (Wildman–Crippen MR) is 92.9 cm³/mol. The summed E-state index contributed by atoms with van der Waals surface area (Å²) in [5.74, 6) is -0.0384. The zero-order valence-electron chi connectivity index (χ0n) is 13.7. The SMILES string of the molecule is COC(=O)c1ccc(CN(c2nc(C)ns2)c2nc(C)ns2)cc1F. The van der Waals surface area contributed by atoms with Gasteiger partial charge < -0.3 is 4.74 Å². The molecule has 3 rings (SSSR count). The van der Waals surface area contributed by atoms with Gasteiger partial charge >= 0.3 is 5.97 Å². The summed E-state index contributed by atoms with van der Waals surface area (Å²) in [5.41, 5.74) is 0.558. The molecule has 1 aromatic carbocycles. The van der Waals surface area contributed by atoms with Gasteiger partial charge in [-0.15, -0.1) is 0 Å². The lowest BCUT2D eigenvalue weighted by atomic mass is 10.1. The van der Waals surface area contributed by atoms with Gasteiger partial charge in [0.05, 0.1) is 19.2 Å². The Morgan fingerprint density at radius 1 is 1.16 bits per heavy atom. The highest BCUT2D eigenvalue weighted by atomic mass is 32.1. The van der Waals surface area contributed by atoms with Crippen molar-refractivity contribution in [1.29, 1.82) is 0 Å². The summed E-state index contributed by atoms with van der Waals surface area (Å²) in [6.45, 7) is 3.92. The minimum atomic E-state index is -0.708. The van der Waals surface area contributed by atoms with Crippen LogP contribution in [-0.4, -0.2) is 31.8 Å². The largest absolute Gasteiger partial charge is 0.465 e. The monoisotopic (exact) mass is 379 g/mol. The maximum absolute atomic E-state index is 14.2. The van der Waals surface area contributed by atoms with E-state index in [2.05, 4.69) is 23.5 Å². The summed E-state index contributed by atoms with van der Waals surface area (Å²) in [7, 11) is 1.22. The molecule has 10 heteroatoms. The van der Waals surface area contributed by atoms with Gasteiger partial charge in [0.15, 0.2) is 0 Å². The molecule has 0 saturated carbocycles. The molecule has 0 bridgehead atoms. The summed E-state index contributed by atoms with van der Waals surface area (Å²) in [5, 5.41) is 1.29. The molecule has 0 fully saturated rings. The van der Waals surface area contributed by atoms with E-state index < -0.39 is 11.8 Å². The highest BCUT2D eigenvalue weighted by Crippen LogP contribution is 2.30. The fourth-order valence-corrected chi connectivity index (χ4v) is 3.54. The zero-order valence-corrected chi connectivity index (χ0v) is 15.3. The number of anilines is 2. The van der Waals surface area contributed by atoms with Crippen molar-refractivity contribution in [2.75, 3.05) is 12.0 Å². The summed E-state index contributed by atoms with van der Waals surface area (Å²) >= 11 is 2.47. The fraction of sp³-hybridized carbons (Fsp3) is 0.267. The molecule has 7 nitrogen and oxygen atoms in total. The maximum atomic E-state index is 14.2. The Hall–Kier alpha value is -2.46. The molecule has 0 amide bonds. The van der Waals surface area contributed by atoms with E-state index in [1.54, 1.807) is 19.9 Å². The topological polar surface area (TPSA) is 81.1 Å². The van der Waals surface area contributed by atoms with Gasteiger partial charge in [0.2, 0.25) is 10.3 Å². The van der Waals surface area contributed by atoms with E-state index in [0.717, 1.165) is 0 Å². The van der Waals surface area contributed by atoms with Gasteiger partial charge in [0, 0.05) is 23.1 Å². The number of methoxy groups -OCH3 is 1. The average molecular weight is 379 g/mol. The van der Waals surface area contributed by atoms with E-state index in [4.69, 9.17) is 0 Å². The smallest absolute Gasteiger partial charge is 0.340 e. The second-order valence-corrected chi connectivity index (χ2v) is 6.60. The third kappa shape index (κ3) is 3.80. The number of rotatable bonds is 5. The van der Waals surface area contributed by atoms with Crippen LogP contribution in [0.1, 0.15) is 27.6 Å². The van der Waals surface area contributed by atoms with Crippen LogP contribution >= 0.6 is 23.1 Å². The first-order valence-corrected chi connectivity index (χ1v) is 8.77. The standard InChI is InChI=1S/C15H14FN5O2S2/c1-8-17-14(24-19-8)21(15-18-9(2)20-25-15)7-10-4-5-11(12(16)6-10)13(22)23-3/h4-6H,7H2,1-3H3. The lowest BCUT2D eigenvalue weighted by Gasteiger charge is -2.18. The van der Waals surface area contributed by atoms with Crippen LogP contribution in [-0.2, 0) is 11.3 Å². The molecule has 0 radical (unpaired) electrons. The lowest BCUT2D eigenvalue weighted by molar-refractivity contribution is 0.0595. The van der Waals surface area contributed by atoms with E-state index in [0.29, 0.717) is 34.0 Å². The minimum Gasteiger partial charge on any atom is -0.465 e. The molecule has 25 heavy (non-hydrogen) atoms. The molecule has 0 aliphatic heterocycles. The second kappa shape index (κ2) is 7.19. The molecule has 3 aromatic rings. The van der Waals surface area contributed by atoms with E-state index >= 15 is 0 Å². The molecule has 2 aromatic heterocycles. The average Bonchev–Trinajstić information content (AvgIpc) is 3.20. The van der Waals surface area contributed by atoms with Crippen LogP contribution in [0.5, 0.6) is 0 Å². The molecule has 0 spiro atoms. The number of ether oxygens (including phenoxy) is 1. The van der Waals surface area contributed by atoms with Crippen LogP contribution in [0.15, 0.2) is 18.2 Å². The van der Waals surface area contributed by atoms with E-state index in [1.165, 1.54) is 42.3 Å². The number of esters is 1. The molecular weight excluding hydrogens is 365 g/mol. The van der Waals surface area contributed by atoms with E-state index in [1.807, 2.05) is 4.90 Å². The van der Waals surface area contributed by atoms with Gasteiger partial charge in [-0.1, -0.05) is 6.07 Å². The van der Waals surface area contributed by atoms with Crippen molar-refractivity contribution in [1.82, 2.24) is 18.7 Å². The van der Waals surface area contributed by atoms with Crippen molar-refractivity contribution < 1.29 is 13.9 Å². The van der Waals surface area contributed by atoms with E-state index in [9.17, 15) is 9.18 Å². The van der Waals surface area contributed by atoms with Gasteiger partial charge in [0.25, 0.3) is 0 Å². The van der Waals surface area contributed by atoms with Crippen LogP contribution in [0, 0.1) is 19.7 Å². The number of halogens is 1. The molecule has 0 aliphatic carbocycles. The van der Waals surface area contributed by atoms with Crippen molar-refractivity contribution >= 4 is 39.3 Å². The Morgan fingerprint density at radius 2 is 1.76 bits per heavy atom. The van der Waals surface area contributed by atoms with Crippen LogP contribution in [0.2, 0.25) is 0 Å². The van der Waals surface area contributed by atoms with Gasteiger partial charge in [0.1, 0.15) is 17.5 Å². The predicted octanol–water partition coefficient (Wildman–Crippen LogP) is 3.27. The first-order chi connectivity index (χ1) is 12.0. The molecule has 0 unspecified atom stereocenters. The van der Waals surface area contributed by atoms with Crippen molar-refractivity contribution in [3.05, 3.63) is 46.8 Å². The maximum Gasteiger partial charge on any atom is 0.340 e. The number of nitrogens with zero attached hydrogens (tertiary/aromatic N) is 5. The molecule has 2 heterocycles. The number of aryl methyl sites for hydroxylation is 2. The molecular formula is C15H14FN5O2S2. The summed E-state index contributed by atoms with van der Waals surface area (Å²) in [4.78, 5) is 22.1. The van der Waals surface area contributed by atoms with Crippen molar-refractivity contribution in [2.45, 2.75) is 20.4 Å². The summed E-state index contributed by atoms with van der Waals surface area (Å²) < 4.78 is 27.1. The minimum absolute atomic E-state index is 0.101. The highest BCUT2D eigenvalue weighted by Gasteiger charge is 2.20. The van der Waals surface area contributed by atoms with Gasteiger partial charge in [-0.25, -0.2) is 19.2 Å². The Kier molecular flexibility index (Phi) is 5.00. The number of aromatic nitrogens is 4. The quantitative estimate of drug-likeness (QED) is 0.629. The van der Waals surface area contributed by atoms with Gasteiger partial charge in [-0.3, -0.25) is 4.90 Å². The van der Waals surface area contributed by atoms with Crippen LogP contribution < -0.4 is 4.90 Å². The van der Waals surface area contributed by atoms with Gasteiger partial charge in [-0.05, 0) is 31.5 Å². The third-order valence-electron chi connectivity index (χ3n) is 3.28. The molecule has 0 aliphatic rings. The molecule has 0 saturated heterocycles. The zero-order chi connectivity index (χ0) is 18.0. The highest BCUT2D eigenvalue weighted by molar-refractivity contribution is 7.12.